The van der Waals surface area contributed by atoms with Gasteiger partial charge in [0.25, 0.3) is 0 Å². The van der Waals surface area contributed by atoms with E-state index in [-0.39, 0.29) is 17.3 Å². The third-order valence-electron chi connectivity index (χ3n) is 5.89. The van der Waals surface area contributed by atoms with Crippen molar-refractivity contribution in [2.24, 2.45) is 0 Å². The van der Waals surface area contributed by atoms with Gasteiger partial charge in [0.05, 0.1) is 10.6 Å². The van der Waals surface area contributed by atoms with Crippen LogP contribution in [-0.2, 0) is 27.7 Å². The molecule has 5 rings (SSSR count). The minimum atomic E-state index is -3.67. The number of sulfonamides is 1. The van der Waals surface area contributed by atoms with E-state index in [1.54, 1.807) is 35.4 Å². The fraction of sp³-hybridized carbons (Fsp3) is 0.304. The Kier molecular flexibility index (Phi) is 5.88. The van der Waals surface area contributed by atoms with Crippen LogP contribution in [0.5, 0.6) is 0 Å². The molecular weight excluding hydrogens is 454 g/mol. The summed E-state index contributed by atoms with van der Waals surface area (Å²) in [4.78, 5) is 18.4. The molecule has 0 aliphatic carbocycles. The summed E-state index contributed by atoms with van der Waals surface area (Å²) in [7, 11) is -3.67. The third kappa shape index (κ3) is 4.57. The number of carbonyl (C=O) groups is 1. The van der Waals surface area contributed by atoms with Gasteiger partial charge in [-0.1, -0.05) is 6.07 Å². The summed E-state index contributed by atoms with van der Waals surface area (Å²) in [5.74, 6) is 1.89. The van der Waals surface area contributed by atoms with E-state index in [9.17, 15) is 13.2 Å². The lowest BCUT2D eigenvalue weighted by Crippen LogP contribution is -2.33. The van der Waals surface area contributed by atoms with E-state index in [2.05, 4.69) is 30.5 Å². The number of nitrogens with zero attached hydrogens (tertiary/aromatic N) is 4. The maximum absolute atomic E-state index is 12.9. The Morgan fingerprint density at radius 2 is 1.68 bits per heavy atom. The van der Waals surface area contributed by atoms with Crippen LogP contribution in [-0.4, -0.2) is 49.1 Å². The second-order valence-electron chi connectivity index (χ2n) is 8.36. The Hall–Kier alpha value is -3.57. The largest absolute Gasteiger partial charge is 0.367 e. The topological polar surface area (TPSA) is 129 Å². The minimum absolute atomic E-state index is 0.116. The Balaban J connectivity index is 1.16. The molecule has 34 heavy (non-hydrogen) atoms. The summed E-state index contributed by atoms with van der Waals surface area (Å²) in [6, 6.07) is 10.7. The summed E-state index contributed by atoms with van der Waals surface area (Å²) < 4.78 is 28.3. The zero-order valence-corrected chi connectivity index (χ0v) is 19.5. The molecule has 4 heterocycles. The number of nitrogens with one attached hydrogen (secondary N) is 3. The molecule has 176 valence electrons. The van der Waals surface area contributed by atoms with Crippen LogP contribution < -0.4 is 20.3 Å². The lowest BCUT2D eigenvalue weighted by Gasteiger charge is -2.25. The molecule has 0 unspecified atom stereocenters. The highest BCUT2D eigenvalue weighted by molar-refractivity contribution is 7.89. The zero-order chi connectivity index (χ0) is 23.7. The zero-order valence-electron chi connectivity index (χ0n) is 18.7. The van der Waals surface area contributed by atoms with Crippen LogP contribution in [0.1, 0.15) is 23.1 Å². The highest BCUT2D eigenvalue weighted by Gasteiger charge is 2.32. The van der Waals surface area contributed by atoms with Gasteiger partial charge in [-0.25, -0.2) is 18.1 Å². The minimum Gasteiger partial charge on any atom is -0.367 e. The molecular formula is C23H25N7O3S. The summed E-state index contributed by atoms with van der Waals surface area (Å²) in [6.07, 6.45) is 3.44. The number of pyridine rings is 1. The molecule has 0 fully saturated rings. The van der Waals surface area contributed by atoms with Gasteiger partial charge in [-0.2, -0.15) is 0 Å². The molecule has 1 amide bonds. The van der Waals surface area contributed by atoms with Gasteiger partial charge in [0.1, 0.15) is 11.6 Å². The maximum Gasteiger partial charge on any atom is 0.240 e. The van der Waals surface area contributed by atoms with Gasteiger partial charge in [-0.05, 0) is 66.8 Å². The number of aryl methyl sites for hydroxylation is 2. The summed E-state index contributed by atoms with van der Waals surface area (Å²) in [5, 5.41) is 14.4. The Morgan fingerprint density at radius 1 is 0.941 bits per heavy atom. The third-order valence-corrected chi connectivity index (χ3v) is 7.33. The van der Waals surface area contributed by atoms with Gasteiger partial charge in [-0.15, -0.1) is 10.2 Å². The Labute approximate surface area is 197 Å². The predicted octanol–water partition coefficient (Wildman–Crippen LogP) is 2.15. The summed E-state index contributed by atoms with van der Waals surface area (Å²) in [5.41, 5.74) is 3.83. The van der Waals surface area contributed by atoms with Crippen molar-refractivity contribution >= 4 is 39.1 Å². The quantitative estimate of drug-likeness (QED) is 0.419. The first-order valence-electron chi connectivity index (χ1n) is 11.1. The van der Waals surface area contributed by atoms with Gasteiger partial charge in [-0.3, -0.25) is 4.79 Å². The number of anilines is 4. The molecule has 3 N–H and O–H groups in total. The SMILES string of the molecule is Cc1ccc(Nc2ccc(NCCNS(=O)(=O)c3cc4c5c(c3)CCN5C(=O)CC4)nn2)nc1. The lowest BCUT2D eigenvalue weighted by atomic mass is 10.00. The van der Waals surface area contributed by atoms with E-state index in [1.807, 2.05) is 19.1 Å². The monoisotopic (exact) mass is 479 g/mol. The Bertz CT molecular complexity index is 1330. The van der Waals surface area contributed by atoms with Gasteiger partial charge >= 0.3 is 0 Å². The van der Waals surface area contributed by atoms with E-state index in [1.165, 1.54) is 0 Å². The van der Waals surface area contributed by atoms with Crippen molar-refractivity contribution in [3.8, 4) is 0 Å². The van der Waals surface area contributed by atoms with Crippen molar-refractivity contribution < 1.29 is 13.2 Å². The van der Waals surface area contributed by atoms with Gasteiger partial charge < -0.3 is 15.5 Å². The first-order valence-corrected chi connectivity index (χ1v) is 12.6. The fourth-order valence-electron chi connectivity index (χ4n) is 4.21. The predicted molar refractivity (Wildman–Crippen MR) is 129 cm³/mol. The van der Waals surface area contributed by atoms with Crippen molar-refractivity contribution in [3.63, 3.8) is 0 Å². The smallest absolute Gasteiger partial charge is 0.240 e. The van der Waals surface area contributed by atoms with Crippen molar-refractivity contribution in [1.82, 2.24) is 19.9 Å². The molecule has 10 nitrogen and oxygen atoms in total. The molecule has 0 spiro atoms. The van der Waals surface area contributed by atoms with Crippen LogP contribution in [0.3, 0.4) is 0 Å². The molecule has 0 radical (unpaired) electrons. The highest BCUT2D eigenvalue weighted by Crippen LogP contribution is 2.38. The van der Waals surface area contributed by atoms with Crippen LogP contribution in [0.25, 0.3) is 0 Å². The maximum atomic E-state index is 12.9. The molecule has 0 atom stereocenters. The number of hydrogen-bond donors (Lipinski definition) is 3. The van der Waals surface area contributed by atoms with Crippen LogP contribution in [0.15, 0.2) is 47.5 Å². The van der Waals surface area contributed by atoms with Gasteiger partial charge in [0.2, 0.25) is 15.9 Å². The van der Waals surface area contributed by atoms with Crippen molar-refractivity contribution in [3.05, 3.63) is 59.3 Å². The van der Waals surface area contributed by atoms with E-state index in [0.717, 1.165) is 22.4 Å². The standard InChI is InChI=1S/C23H25N7O3S/c1-15-2-4-19(25-14-15)27-21-6-5-20(28-29-21)24-9-10-26-34(32,33)18-12-16-3-7-22(31)30-11-8-17(13-18)23(16)30/h2,4-6,12-14,26H,3,7-11H2,1H3,(H,24,28)(H,25,27,29). The number of carbonyl (C=O) groups excluding carboxylic acids is 1. The molecule has 0 saturated carbocycles. The Morgan fingerprint density at radius 3 is 2.41 bits per heavy atom. The fourth-order valence-corrected chi connectivity index (χ4v) is 5.34. The first-order chi connectivity index (χ1) is 16.4. The number of hydrogen-bond acceptors (Lipinski definition) is 8. The molecule has 2 aliphatic heterocycles. The van der Waals surface area contributed by atoms with E-state index < -0.39 is 10.0 Å². The van der Waals surface area contributed by atoms with Crippen molar-refractivity contribution in [2.45, 2.75) is 31.1 Å². The normalized spacial score (nSPS) is 14.7. The van der Waals surface area contributed by atoms with E-state index >= 15 is 0 Å². The van der Waals surface area contributed by atoms with Crippen molar-refractivity contribution in [2.75, 3.05) is 35.2 Å². The van der Waals surface area contributed by atoms with Crippen LogP contribution in [0.2, 0.25) is 0 Å². The molecule has 3 aromatic rings. The number of benzene rings is 1. The molecule has 2 aromatic heterocycles. The number of aromatic nitrogens is 3. The average molecular weight is 480 g/mol. The molecule has 0 saturated heterocycles. The van der Waals surface area contributed by atoms with Gasteiger partial charge in [0, 0.05) is 32.3 Å². The van der Waals surface area contributed by atoms with E-state index in [4.69, 9.17) is 0 Å². The summed E-state index contributed by atoms with van der Waals surface area (Å²) in [6.45, 7) is 3.13. The second-order valence-corrected chi connectivity index (χ2v) is 10.1. The van der Waals surface area contributed by atoms with Crippen molar-refractivity contribution in [1.29, 1.82) is 0 Å². The lowest BCUT2D eigenvalue weighted by molar-refractivity contribution is -0.118. The molecule has 1 aromatic carbocycles. The molecule has 11 heteroatoms. The summed E-state index contributed by atoms with van der Waals surface area (Å²) >= 11 is 0. The second kappa shape index (κ2) is 8.99. The molecule has 0 bridgehead atoms. The highest BCUT2D eigenvalue weighted by atomic mass is 32.2. The first kappa shape index (κ1) is 22.2. The molecule has 2 aliphatic rings. The van der Waals surface area contributed by atoms with Crippen LogP contribution in [0.4, 0.5) is 23.1 Å². The van der Waals surface area contributed by atoms with Crippen LogP contribution >= 0.6 is 0 Å². The number of rotatable bonds is 8. The van der Waals surface area contributed by atoms with E-state index in [0.29, 0.717) is 49.8 Å². The van der Waals surface area contributed by atoms with Gasteiger partial charge in [0.15, 0.2) is 5.82 Å². The number of amides is 1. The van der Waals surface area contributed by atoms with Crippen LogP contribution in [0, 0.1) is 6.92 Å². The average Bonchev–Trinajstić information content (AvgIpc) is 3.27.